The maximum absolute atomic E-state index is 12.9. The molecular formula is C21H17N3O. The van der Waals surface area contributed by atoms with Crippen LogP contribution < -0.4 is 0 Å². The van der Waals surface area contributed by atoms with E-state index in [0.29, 0.717) is 17.0 Å². The molecule has 4 nitrogen and oxygen atoms in total. The van der Waals surface area contributed by atoms with E-state index in [-0.39, 0.29) is 5.78 Å². The lowest BCUT2D eigenvalue weighted by molar-refractivity contribution is 0.106. The van der Waals surface area contributed by atoms with Crippen LogP contribution in [0.4, 0.5) is 0 Å². The van der Waals surface area contributed by atoms with Crippen molar-refractivity contribution in [2.75, 3.05) is 0 Å². The van der Waals surface area contributed by atoms with Crippen molar-refractivity contribution in [1.82, 2.24) is 4.98 Å². The van der Waals surface area contributed by atoms with E-state index in [0.717, 1.165) is 11.1 Å². The molecule has 0 spiro atoms. The van der Waals surface area contributed by atoms with Gasteiger partial charge in [-0.2, -0.15) is 5.10 Å². The Labute approximate surface area is 146 Å². The summed E-state index contributed by atoms with van der Waals surface area (Å²) < 4.78 is 0. The molecular weight excluding hydrogens is 310 g/mol. The molecule has 2 aromatic carbocycles. The molecule has 122 valence electrons. The smallest absolute Gasteiger partial charge is 0.213 e. The highest BCUT2D eigenvalue weighted by atomic mass is 16.1. The minimum absolute atomic E-state index is 0.158. The van der Waals surface area contributed by atoms with E-state index in [1.165, 1.54) is 0 Å². The molecule has 0 saturated heterocycles. The van der Waals surface area contributed by atoms with Crippen LogP contribution in [0.3, 0.4) is 0 Å². The molecule has 1 aromatic heterocycles. The van der Waals surface area contributed by atoms with Crippen molar-refractivity contribution in [2.24, 2.45) is 10.2 Å². The van der Waals surface area contributed by atoms with Crippen molar-refractivity contribution in [3.8, 4) is 0 Å². The van der Waals surface area contributed by atoms with E-state index < -0.39 is 0 Å². The van der Waals surface area contributed by atoms with Crippen LogP contribution in [0.1, 0.15) is 28.4 Å². The van der Waals surface area contributed by atoms with Crippen molar-refractivity contribution >= 4 is 17.2 Å². The highest BCUT2D eigenvalue weighted by molar-refractivity contribution is 6.51. The zero-order chi connectivity index (χ0) is 17.5. The standard InChI is InChI=1S/C21H17N3O/c1-16(19-13-8-14-22-15-19)23-24-20(17-9-4-2-5-10-17)21(25)18-11-6-3-7-12-18/h2-15H,1H3/b23-16-,24-20-. The number of ketones is 1. The summed E-state index contributed by atoms with van der Waals surface area (Å²) in [6.45, 7) is 1.84. The Morgan fingerprint density at radius 2 is 1.36 bits per heavy atom. The van der Waals surface area contributed by atoms with Crippen molar-refractivity contribution in [3.05, 3.63) is 102 Å². The molecule has 0 aliphatic heterocycles. The fourth-order valence-corrected chi connectivity index (χ4v) is 2.32. The summed E-state index contributed by atoms with van der Waals surface area (Å²) in [6.07, 6.45) is 3.42. The van der Waals surface area contributed by atoms with E-state index in [2.05, 4.69) is 15.2 Å². The van der Waals surface area contributed by atoms with Gasteiger partial charge in [0, 0.05) is 29.1 Å². The molecule has 0 saturated carbocycles. The molecule has 0 fully saturated rings. The van der Waals surface area contributed by atoms with Crippen LogP contribution in [0.25, 0.3) is 0 Å². The second-order valence-corrected chi connectivity index (χ2v) is 5.44. The average molecular weight is 327 g/mol. The Hall–Kier alpha value is -3.40. The Morgan fingerprint density at radius 1 is 0.760 bits per heavy atom. The fourth-order valence-electron chi connectivity index (χ4n) is 2.32. The number of nitrogens with zero attached hydrogens (tertiary/aromatic N) is 3. The Kier molecular flexibility index (Phi) is 5.22. The lowest BCUT2D eigenvalue weighted by atomic mass is 10.0. The number of rotatable bonds is 5. The molecule has 3 aromatic rings. The van der Waals surface area contributed by atoms with Gasteiger partial charge >= 0.3 is 0 Å². The van der Waals surface area contributed by atoms with Crippen molar-refractivity contribution in [2.45, 2.75) is 6.92 Å². The minimum atomic E-state index is -0.158. The molecule has 0 unspecified atom stereocenters. The zero-order valence-electron chi connectivity index (χ0n) is 13.8. The van der Waals surface area contributed by atoms with Crippen LogP contribution >= 0.6 is 0 Å². The van der Waals surface area contributed by atoms with E-state index in [4.69, 9.17) is 0 Å². The van der Waals surface area contributed by atoms with Crippen LogP contribution in [0.2, 0.25) is 0 Å². The Bertz CT molecular complexity index is 902. The summed E-state index contributed by atoms with van der Waals surface area (Å²) in [7, 11) is 0. The normalized spacial score (nSPS) is 12.0. The lowest BCUT2D eigenvalue weighted by Crippen LogP contribution is -2.15. The molecule has 0 atom stereocenters. The van der Waals surface area contributed by atoms with Crippen molar-refractivity contribution in [3.63, 3.8) is 0 Å². The van der Waals surface area contributed by atoms with E-state index >= 15 is 0 Å². The van der Waals surface area contributed by atoms with Gasteiger partial charge in [0.1, 0.15) is 5.71 Å². The highest BCUT2D eigenvalue weighted by Gasteiger charge is 2.16. The van der Waals surface area contributed by atoms with Crippen molar-refractivity contribution in [1.29, 1.82) is 0 Å². The van der Waals surface area contributed by atoms with Gasteiger partial charge < -0.3 is 0 Å². The molecule has 25 heavy (non-hydrogen) atoms. The van der Waals surface area contributed by atoms with Crippen molar-refractivity contribution < 1.29 is 4.79 Å². The number of benzene rings is 2. The van der Waals surface area contributed by atoms with Gasteiger partial charge in [-0.25, -0.2) is 0 Å². The summed E-state index contributed by atoms with van der Waals surface area (Å²) in [4.78, 5) is 17.0. The van der Waals surface area contributed by atoms with Gasteiger partial charge in [-0.15, -0.1) is 5.10 Å². The first-order valence-electron chi connectivity index (χ1n) is 7.93. The molecule has 0 amide bonds. The van der Waals surface area contributed by atoms with Crippen LogP contribution in [-0.2, 0) is 0 Å². The maximum atomic E-state index is 12.9. The van der Waals surface area contributed by atoms with Gasteiger partial charge in [0.2, 0.25) is 5.78 Å². The highest BCUT2D eigenvalue weighted by Crippen LogP contribution is 2.10. The Morgan fingerprint density at radius 3 is 1.96 bits per heavy atom. The largest absolute Gasteiger partial charge is 0.287 e. The Balaban J connectivity index is 2.01. The lowest BCUT2D eigenvalue weighted by Gasteiger charge is -2.05. The first-order chi connectivity index (χ1) is 12.3. The number of Topliss-reactive ketones (excluding diaryl/α,β-unsaturated/α-hetero) is 1. The molecule has 1 heterocycles. The molecule has 0 bridgehead atoms. The number of aromatic nitrogens is 1. The third-order valence-corrected chi connectivity index (χ3v) is 3.68. The third kappa shape index (κ3) is 4.12. The molecule has 0 aliphatic carbocycles. The summed E-state index contributed by atoms with van der Waals surface area (Å²) in [5.41, 5.74) is 3.20. The molecule has 3 rings (SSSR count). The molecule has 0 N–H and O–H groups in total. The summed E-state index contributed by atoms with van der Waals surface area (Å²) in [5.74, 6) is -0.158. The van der Waals surface area contributed by atoms with Crippen LogP contribution in [-0.4, -0.2) is 22.2 Å². The molecule has 4 heteroatoms. The van der Waals surface area contributed by atoms with E-state index in [1.807, 2.05) is 67.6 Å². The van der Waals surface area contributed by atoms with E-state index in [9.17, 15) is 4.79 Å². The number of carbonyl (C=O) groups excluding carboxylic acids is 1. The topological polar surface area (TPSA) is 54.7 Å². The average Bonchev–Trinajstić information content (AvgIpc) is 2.70. The number of carbonyl (C=O) groups is 1. The van der Waals surface area contributed by atoms with Gasteiger partial charge in [-0.05, 0) is 13.0 Å². The van der Waals surface area contributed by atoms with Crippen LogP contribution in [0.15, 0.2) is 95.4 Å². The number of hydrogen-bond donors (Lipinski definition) is 0. The first-order valence-corrected chi connectivity index (χ1v) is 7.93. The van der Waals surface area contributed by atoms with Gasteiger partial charge in [0.15, 0.2) is 0 Å². The summed E-state index contributed by atoms with van der Waals surface area (Å²) in [6, 6.07) is 22.2. The van der Waals surface area contributed by atoms with E-state index in [1.54, 1.807) is 24.5 Å². The summed E-state index contributed by atoms with van der Waals surface area (Å²) in [5, 5.41) is 8.54. The zero-order valence-corrected chi connectivity index (χ0v) is 13.8. The van der Waals surface area contributed by atoms with Gasteiger partial charge in [0.05, 0.1) is 5.71 Å². The van der Waals surface area contributed by atoms with Gasteiger partial charge in [0.25, 0.3) is 0 Å². The second kappa shape index (κ2) is 7.93. The number of hydrogen-bond acceptors (Lipinski definition) is 4. The van der Waals surface area contributed by atoms with Crippen LogP contribution in [0.5, 0.6) is 0 Å². The predicted molar refractivity (Wildman–Crippen MR) is 100 cm³/mol. The van der Waals surface area contributed by atoms with Gasteiger partial charge in [-0.1, -0.05) is 66.7 Å². The summed E-state index contributed by atoms with van der Waals surface area (Å²) >= 11 is 0. The SMILES string of the molecule is C/C(=N/N=C(\C(=O)c1ccccc1)c1ccccc1)c1cccnc1. The first kappa shape index (κ1) is 16.5. The predicted octanol–water partition coefficient (Wildman–Crippen LogP) is 4.18. The maximum Gasteiger partial charge on any atom is 0.213 e. The second-order valence-electron chi connectivity index (χ2n) is 5.44. The van der Waals surface area contributed by atoms with Crippen LogP contribution in [0, 0.1) is 0 Å². The monoisotopic (exact) mass is 327 g/mol. The van der Waals surface area contributed by atoms with Gasteiger partial charge in [-0.3, -0.25) is 9.78 Å². The fraction of sp³-hybridized carbons (Fsp3) is 0.0476. The third-order valence-electron chi connectivity index (χ3n) is 3.68. The number of pyridine rings is 1. The quantitative estimate of drug-likeness (QED) is 0.401. The minimum Gasteiger partial charge on any atom is -0.287 e. The molecule has 0 radical (unpaired) electrons. The molecule has 0 aliphatic rings.